The molecule has 2 aromatic rings. The number of nitro groups is 1. The summed E-state index contributed by atoms with van der Waals surface area (Å²) in [4.78, 5) is 30.6. The zero-order valence-corrected chi connectivity index (χ0v) is 16.0. The molecular weight excluding hydrogens is 376 g/mol. The van der Waals surface area contributed by atoms with Crippen LogP contribution in [0.5, 0.6) is 11.8 Å². The summed E-state index contributed by atoms with van der Waals surface area (Å²) in [6, 6.07) is 6.11. The van der Waals surface area contributed by atoms with E-state index in [9.17, 15) is 14.9 Å². The molecule has 9 nitrogen and oxygen atoms in total. The molecule has 0 aliphatic heterocycles. The number of nitrogens with one attached hydrogen (secondary N) is 1. The number of methoxy groups -OCH3 is 1. The van der Waals surface area contributed by atoms with Gasteiger partial charge in [-0.15, -0.1) is 0 Å². The smallest absolute Gasteiger partial charge is 0.269 e. The van der Waals surface area contributed by atoms with Crippen LogP contribution in [0.15, 0.2) is 42.7 Å². The van der Waals surface area contributed by atoms with Crippen molar-refractivity contribution >= 4 is 17.7 Å². The molecule has 1 saturated carbocycles. The minimum Gasteiger partial charge on any atom is -0.480 e. The van der Waals surface area contributed by atoms with Crippen molar-refractivity contribution in [2.75, 3.05) is 7.11 Å². The van der Waals surface area contributed by atoms with Crippen molar-refractivity contribution in [1.82, 2.24) is 15.3 Å². The topological polar surface area (TPSA) is 116 Å². The maximum atomic E-state index is 12.1. The molecule has 0 atom stereocenters. The predicted molar refractivity (Wildman–Crippen MR) is 106 cm³/mol. The van der Waals surface area contributed by atoms with E-state index < -0.39 is 4.92 Å². The number of rotatable bonds is 7. The average Bonchev–Trinajstić information content (AvgIpc) is 2.74. The van der Waals surface area contributed by atoms with E-state index in [-0.39, 0.29) is 23.7 Å². The largest absolute Gasteiger partial charge is 0.480 e. The first-order chi connectivity index (χ1) is 14.0. The second kappa shape index (κ2) is 9.63. The van der Waals surface area contributed by atoms with Crippen LogP contribution in [0.2, 0.25) is 0 Å². The van der Waals surface area contributed by atoms with E-state index in [4.69, 9.17) is 9.47 Å². The Kier molecular flexibility index (Phi) is 6.72. The van der Waals surface area contributed by atoms with Crippen LogP contribution in [-0.4, -0.2) is 40.1 Å². The lowest BCUT2D eigenvalue weighted by Gasteiger charge is -2.28. The van der Waals surface area contributed by atoms with Gasteiger partial charge in [-0.2, -0.15) is 4.98 Å². The van der Waals surface area contributed by atoms with Gasteiger partial charge < -0.3 is 14.8 Å². The van der Waals surface area contributed by atoms with Gasteiger partial charge in [-0.25, -0.2) is 0 Å². The third-order valence-corrected chi connectivity index (χ3v) is 4.64. The summed E-state index contributed by atoms with van der Waals surface area (Å²) >= 11 is 0. The second-order valence-electron chi connectivity index (χ2n) is 6.68. The molecule has 1 fully saturated rings. The Hall–Kier alpha value is -3.49. The summed E-state index contributed by atoms with van der Waals surface area (Å²) in [5, 5.41) is 13.6. The lowest BCUT2D eigenvalue weighted by Crippen LogP contribution is -2.39. The Morgan fingerprint density at radius 3 is 2.52 bits per heavy atom. The summed E-state index contributed by atoms with van der Waals surface area (Å²) < 4.78 is 10.9. The van der Waals surface area contributed by atoms with E-state index in [0.717, 1.165) is 31.2 Å². The summed E-state index contributed by atoms with van der Waals surface area (Å²) in [5.74, 6) is 0.650. The van der Waals surface area contributed by atoms with Crippen molar-refractivity contribution in [1.29, 1.82) is 0 Å². The molecule has 29 heavy (non-hydrogen) atoms. The number of nitrogens with zero attached hydrogens (tertiary/aromatic N) is 3. The molecule has 1 aliphatic carbocycles. The number of aromatic nitrogens is 2. The molecule has 1 aromatic heterocycles. The van der Waals surface area contributed by atoms with Gasteiger partial charge in [-0.1, -0.05) is 0 Å². The number of nitro benzene ring substituents is 1. The summed E-state index contributed by atoms with van der Waals surface area (Å²) in [7, 11) is 1.53. The van der Waals surface area contributed by atoms with Gasteiger partial charge in [0, 0.05) is 24.3 Å². The van der Waals surface area contributed by atoms with Crippen LogP contribution in [0.4, 0.5) is 5.69 Å². The third-order valence-electron chi connectivity index (χ3n) is 4.64. The summed E-state index contributed by atoms with van der Waals surface area (Å²) in [6.07, 6.45) is 9.39. The van der Waals surface area contributed by atoms with E-state index in [1.165, 1.54) is 31.5 Å². The average molecular weight is 398 g/mol. The molecule has 9 heteroatoms. The Labute approximate surface area is 167 Å². The Morgan fingerprint density at radius 2 is 1.86 bits per heavy atom. The van der Waals surface area contributed by atoms with Crippen molar-refractivity contribution in [3.05, 3.63) is 58.4 Å². The van der Waals surface area contributed by atoms with Crippen LogP contribution in [0.1, 0.15) is 31.2 Å². The zero-order valence-electron chi connectivity index (χ0n) is 16.0. The van der Waals surface area contributed by atoms with Crippen LogP contribution in [0.3, 0.4) is 0 Å². The SMILES string of the molecule is COc1cncc(OC2CCC(NC(=O)/C=C/c3ccc([N+](=O)[O-])cc3)CC2)n1. The Bertz CT molecular complexity index is 877. The number of carbonyl (C=O) groups is 1. The molecule has 0 bridgehead atoms. The maximum absolute atomic E-state index is 12.1. The number of amides is 1. The van der Waals surface area contributed by atoms with Gasteiger partial charge in [0.1, 0.15) is 6.10 Å². The summed E-state index contributed by atoms with van der Waals surface area (Å²) in [6.45, 7) is 0. The highest BCUT2D eigenvalue weighted by atomic mass is 16.6. The lowest BCUT2D eigenvalue weighted by molar-refractivity contribution is -0.384. The van der Waals surface area contributed by atoms with Crippen molar-refractivity contribution in [2.24, 2.45) is 0 Å². The monoisotopic (exact) mass is 398 g/mol. The fourth-order valence-corrected chi connectivity index (χ4v) is 3.11. The van der Waals surface area contributed by atoms with Gasteiger partial charge in [0.05, 0.1) is 24.4 Å². The number of hydrogen-bond acceptors (Lipinski definition) is 7. The quantitative estimate of drug-likeness (QED) is 0.433. The fraction of sp³-hybridized carbons (Fsp3) is 0.350. The first-order valence-electron chi connectivity index (χ1n) is 9.29. The highest BCUT2D eigenvalue weighted by Gasteiger charge is 2.23. The maximum Gasteiger partial charge on any atom is 0.269 e. The van der Waals surface area contributed by atoms with Crippen LogP contribution in [-0.2, 0) is 4.79 Å². The van der Waals surface area contributed by atoms with Crippen LogP contribution < -0.4 is 14.8 Å². The number of non-ortho nitro benzene ring substituents is 1. The number of ether oxygens (including phenoxy) is 2. The van der Waals surface area contributed by atoms with Gasteiger partial charge >= 0.3 is 0 Å². The van der Waals surface area contributed by atoms with E-state index in [1.54, 1.807) is 24.4 Å². The highest BCUT2D eigenvalue weighted by Crippen LogP contribution is 2.23. The summed E-state index contributed by atoms with van der Waals surface area (Å²) in [5.41, 5.74) is 0.743. The molecule has 1 N–H and O–H groups in total. The minimum absolute atomic E-state index is 0.0190. The first kappa shape index (κ1) is 20.2. The van der Waals surface area contributed by atoms with Gasteiger partial charge in [0.2, 0.25) is 17.7 Å². The van der Waals surface area contributed by atoms with E-state index in [1.807, 2.05) is 0 Å². The van der Waals surface area contributed by atoms with Gasteiger partial charge in [0.25, 0.3) is 5.69 Å². The molecule has 0 radical (unpaired) electrons. The van der Waals surface area contributed by atoms with Crippen LogP contribution >= 0.6 is 0 Å². The minimum atomic E-state index is -0.457. The second-order valence-corrected chi connectivity index (χ2v) is 6.68. The van der Waals surface area contributed by atoms with Crippen molar-refractivity contribution in [3.63, 3.8) is 0 Å². The predicted octanol–water partition coefficient (Wildman–Crippen LogP) is 2.91. The van der Waals surface area contributed by atoms with E-state index in [2.05, 4.69) is 15.3 Å². The number of carbonyl (C=O) groups excluding carboxylic acids is 1. The lowest BCUT2D eigenvalue weighted by atomic mass is 9.93. The van der Waals surface area contributed by atoms with E-state index >= 15 is 0 Å². The number of benzene rings is 1. The van der Waals surface area contributed by atoms with Crippen molar-refractivity contribution in [3.8, 4) is 11.8 Å². The molecule has 3 rings (SSSR count). The standard InChI is InChI=1S/C20H22N4O5/c1-28-19-12-21-13-20(23-19)29-17-9-5-15(6-10-17)22-18(25)11-4-14-2-7-16(8-3-14)24(26)27/h2-4,7-8,11-13,15,17H,5-6,9-10H2,1H3,(H,22,25)/b11-4+. The molecule has 0 saturated heterocycles. The normalized spacial score (nSPS) is 18.9. The Balaban J connectivity index is 1.43. The molecule has 152 valence electrons. The number of hydrogen-bond donors (Lipinski definition) is 1. The van der Waals surface area contributed by atoms with Crippen molar-refractivity contribution in [2.45, 2.75) is 37.8 Å². The molecule has 1 aliphatic rings. The molecule has 1 amide bonds. The van der Waals surface area contributed by atoms with Crippen LogP contribution in [0, 0.1) is 10.1 Å². The Morgan fingerprint density at radius 1 is 1.17 bits per heavy atom. The van der Waals surface area contributed by atoms with Gasteiger partial charge in [-0.3, -0.25) is 19.9 Å². The highest BCUT2D eigenvalue weighted by molar-refractivity contribution is 5.91. The molecule has 0 unspecified atom stereocenters. The van der Waals surface area contributed by atoms with E-state index in [0.29, 0.717) is 11.8 Å². The van der Waals surface area contributed by atoms with Gasteiger partial charge in [0.15, 0.2) is 0 Å². The van der Waals surface area contributed by atoms with Crippen molar-refractivity contribution < 1.29 is 19.2 Å². The van der Waals surface area contributed by atoms with Gasteiger partial charge in [-0.05, 0) is 49.5 Å². The fourth-order valence-electron chi connectivity index (χ4n) is 3.11. The molecule has 1 aromatic carbocycles. The molecular formula is C20H22N4O5. The third kappa shape index (κ3) is 6.00. The first-order valence-corrected chi connectivity index (χ1v) is 9.29. The van der Waals surface area contributed by atoms with Crippen LogP contribution in [0.25, 0.3) is 6.08 Å². The molecule has 0 spiro atoms. The zero-order chi connectivity index (χ0) is 20.6. The molecule has 1 heterocycles.